The Morgan fingerprint density at radius 1 is 1.37 bits per heavy atom. The second kappa shape index (κ2) is 5.61. The standard InChI is InChI=1S/C15H18N2O2/c1-3-8-17(13-6-4-5-12(16)10-13)15(18)14-11(2)7-9-19-14/h4-7,9-10H,3,8,16H2,1-2H3. The molecule has 1 amide bonds. The van der Waals surface area contributed by atoms with Crippen LogP contribution in [0, 0.1) is 6.92 Å². The number of furan rings is 1. The third-order valence-corrected chi connectivity index (χ3v) is 2.93. The number of nitrogen functional groups attached to an aromatic ring is 1. The van der Waals surface area contributed by atoms with Crippen molar-refractivity contribution in [2.75, 3.05) is 17.2 Å². The summed E-state index contributed by atoms with van der Waals surface area (Å²) in [6, 6.07) is 9.11. The number of benzene rings is 1. The maximum absolute atomic E-state index is 12.5. The first-order chi connectivity index (χ1) is 9.13. The Labute approximate surface area is 112 Å². The van der Waals surface area contributed by atoms with Gasteiger partial charge in [0.1, 0.15) is 0 Å². The Balaban J connectivity index is 2.35. The molecule has 4 heteroatoms. The third kappa shape index (κ3) is 2.78. The van der Waals surface area contributed by atoms with E-state index < -0.39 is 0 Å². The molecule has 0 unspecified atom stereocenters. The Bertz CT molecular complexity index is 575. The van der Waals surface area contributed by atoms with E-state index in [0.717, 1.165) is 17.7 Å². The molecule has 1 aromatic carbocycles. The Hall–Kier alpha value is -2.23. The van der Waals surface area contributed by atoms with E-state index in [-0.39, 0.29) is 5.91 Å². The van der Waals surface area contributed by atoms with Crippen LogP contribution in [0.4, 0.5) is 11.4 Å². The molecule has 0 aliphatic rings. The van der Waals surface area contributed by atoms with Gasteiger partial charge in [0.2, 0.25) is 0 Å². The quantitative estimate of drug-likeness (QED) is 0.856. The average molecular weight is 258 g/mol. The van der Waals surface area contributed by atoms with Crippen LogP contribution in [-0.2, 0) is 0 Å². The van der Waals surface area contributed by atoms with Crippen LogP contribution in [0.3, 0.4) is 0 Å². The van der Waals surface area contributed by atoms with Gasteiger partial charge in [0.15, 0.2) is 5.76 Å². The average Bonchev–Trinajstić information content (AvgIpc) is 2.81. The van der Waals surface area contributed by atoms with E-state index in [0.29, 0.717) is 18.0 Å². The van der Waals surface area contributed by atoms with Crippen molar-refractivity contribution >= 4 is 17.3 Å². The first kappa shape index (κ1) is 13.2. The van der Waals surface area contributed by atoms with E-state index in [1.807, 2.05) is 26.0 Å². The molecule has 4 nitrogen and oxygen atoms in total. The van der Waals surface area contributed by atoms with Gasteiger partial charge >= 0.3 is 0 Å². The highest BCUT2D eigenvalue weighted by molar-refractivity contribution is 6.05. The van der Waals surface area contributed by atoms with Crippen LogP contribution in [0.5, 0.6) is 0 Å². The van der Waals surface area contributed by atoms with E-state index >= 15 is 0 Å². The second-order valence-electron chi connectivity index (χ2n) is 4.48. The van der Waals surface area contributed by atoms with Gasteiger partial charge in [-0.05, 0) is 37.6 Å². The van der Waals surface area contributed by atoms with Crippen molar-refractivity contribution in [1.82, 2.24) is 0 Å². The molecule has 2 aromatic rings. The molecule has 0 saturated carbocycles. The van der Waals surface area contributed by atoms with Gasteiger partial charge in [-0.1, -0.05) is 13.0 Å². The molecule has 0 aliphatic heterocycles. The highest BCUT2D eigenvalue weighted by atomic mass is 16.3. The minimum atomic E-state index is -0.130. The normalized spacial score (nSPS) is 10.4. The summed E-state index contributed by atoms with van der Waals surface area (Å²) in [5.41, 5.74) is 8.06. The summed E-state index contributed by atoms with van der Waals surface area (Å²) < 4.78 is 5.28. The zero-order valence-electron chi connectivity index (χ0n) is 11.2. The second-order valence-corrected chi connectivity index (χ2v) is 4.48. The topological polar surface area (TPSA) is 59.5 Å². The maximum atomic E-state index is 12.5. The Kier molecular flexibility index (Phi) is 3.90. The first-order valence-electron chi connectivity index (χ1n) is 6.35. The third-order valence-electron chi connectivity index (χ3n) is 2.93. The summed E-state index contributed by atoms with van der Waals surface area (Å²) in [5, 5.41) is 0. The van der Waals surface area contributed by atoms with Crippen LogP contribution in [0.15, 0.2) is 41.0 Å². The molecule has 19 heavy (non-hydrogen) atoms. The summed E-state index contributed by atoms with van der Waals surface area (Å²) >= 11 is 0. The summed E-state index contributed by atoms with van der Waals surface area (Å²) in [6.07, 6.45) is 2.40. The van der Waals surface area contributed by atoms with Gasteiger partial charge in [0.05, 0.1) is 6.26 Å². The van der Waals surface area contributed by atoms with Gasteiger partial charge in [-0.25, -0.2) is 0 Å². The maximum Gasteiger partial charge on any atom is 0.294 e. The van der Waals surface area contributed by atoms with E-state index in [2.05, 4.69) is 0 Å². The predicted molar refractivity (Wildman–Crippen MR) is 76.3 cm³/mol. The fourth-order valence-corrected chi connectivity index (χ4v) is 1.98. The molecular weight excluding hydrogens is 240 g/mol. The Morgan fingerprint density at radius 2 is 2.16 bits per heavy atom. The van der Waals surface area contributed by atoms with Gasteiger partial charge in [-0.2, -0.15) is 0 Å². The summed E-state index contributed by atoms with van der Waals surface area (Å²) in [6.45, 7) is 4.52. The molecule has 0 bridgehead atoms. The van der Waals surface area contributed by atoms with E-state index in [9.17, 15) is 4.79 Å². The number of nitrogens with two attached hydrogens (primary N) is 1. The molecule has 1 aromatic heterocycles. The van der Waals surface area contributed by atoms with Crippen molar-refractivity contribution in [2.24, 2.45) is 0 Å². The highest BCUT2D eigenvalue weighted by Gasteiger charge is 2.21. The lowest BCUT2D eigenvalue weighted by Crippen LogP contribution is -2.31. The van der Waals surface area contributed by atoms with Crippen LogP contribution < -0.4 is 10.6 Å². The van der Waals surface area contributed by atoms with Crippen LogP contribution in [0.25, 0.3) is 0 Å². The monoisotopic (exact) mass is 258 g/mol. The molecule has 100 valence electrons. The zero-order valence-corrected chi connectivity index (χ0v) is 11.2. The van der Waals surface area contributed by atoms with Crippen molar-refractivity contribution in [3.8, 4) is 0 Å². The van der Waals surface area contributed by atoms with Crippen molar-refractivity contribution < 1.29 is 9.21 Å². The number of carbonyl (C=O) groups excluding carboxylic acids is 1. The molecule has 2 rings (SSSR count). The van der Waals surface area contributed by atoms with E-state index in [1.54, 1.807) is 23.1 Å². The number of rotatable bonds is 4. The minimum Gasteiger partial charge on any atom is -0.459 e. The van der Waals surface area contributed by atoms with Gasteiger partial charge in [-0.15, -0.1) is 0 Å². The zero-order chi connectivity index (χ0) is 13.8. The summed E-state index contributed by atoms with van der Waals surface area (Å²) in [7, 11) is 0. The van der Waals surface area contributed by atoms with Gasteiger partial charge in [0, 0.05) is 23.5 Å². The summed E-state index contributed by atoms with van der Waals surface area (Å²) in [5.74, 6) is 0.255. The van der Waals surface area contributed by atoms with Gasteiger partial charge in [0.25, 0.3) is 5.91 Å². The number of aryl methyl sites for hydroxylation is 1. The fraction of sp³-hybridized carbons (Fsp3) is 0.267. The molecule has 0 saturated heterocycles. The van der Waals surface area contributed by atoms with Crippen LogP contribution in [0.1, 0.15) is 29.5 Å². The van der Waals surface area contributed by atoms with Crippen molar-refractivity contribution in [3.05, 3.63) is 47.9 Å². The molecule has 0 radical (unpaired) electrons. The number of hydrogen-bond acceptors (Lipinski definition) is 3. The molecule has 0 fully saturated rings. The predicted octanol–water partition coefficient (Wildman–Crippen LogP) is 3.23. The Morgan fingerprint density at radius 3 is 2.74 bits per heavy atom. The van der Waals surface area contributed by atoms with Crippen molar-refractivity contribution in [1.29, 1.82) is 0 Å². The molecule has 0 aliphatic carbocycles. The van der Waals surface area contributed by atoms with Gasteiger partial charge in [-0.3, -0.25) is 4.79 Å². The molecular formula is C15H18N2O2. The SMILES string of the molecule is CCCN(C(=O)c1occc1C)c1cccc(N)c1. The van der Waals surface area contributed by atoms with Crippen LogP contribution >= 0.6 is 0 Å². The highest BCUT2D eigenvalue weighted by Crippen LogP contribution is 2.22. The molecule has 0 spiro atoms. The molecule has 1 heterocycles. The molecule has 0 atom stereocenters. The summed E-state index contributed by atoms with van der Waals surface area (Å²) in [4.78, 5) is 14.2. The van der Waals surface area contributed by atoms with E-state index in [4.69, 9.17) is 10.2 Å². The van der Waals surface area contributed by atoms with Crippen molar-refractivity contribution in [3.63, 3.8) is 0 Å². The van der Waals surface area contributed by atoms with Crippen molar-refractivity contribution in [2.45, 2.75) is 20.3 Å². The number of anilines is 2. The first-order valence-corrected chi connectivity index (χ1v) is 6.35. The lowest BCUT2D eigenvalue weighted by molar-refractivity contribution is 0.0959. The lowest BCUT2D eigenvalue weighted by atomic mass is 10.2. The largest absolute Gasteiger partial charge is 0.459 e. The van der Waals surface area contributed by atoms with Crippen LogP contribution in [0.2, 0.25) is 0 Å². The number of amides is 1. The number of hydrogen-bond donors (Lipinski definition) is 1. The minimum absolute atomic E-state index is 0.130. The fourth-order valence-electron chi connectivity index (χ4n) is 1.98. The molecule has 2 N–H and O–H groups in total. The van der Waals surface area contributed by atoms with Crippen LogP contribution in [-0.4, -0.2) is 12.5 Å². The van der Waals surface area contributed by atoms with Gasteiger partial charge < -0.3 is 15.1 Å². The lowest BCUT2D eigenvalue weighted by Gasteiger charge is -2.21. The number of nitrogens with zero attached hydrogens (tertiary/aromatic N) is 1. The smallest absolute Gasteiger partial charge is 0.294 e. The van der Waals surface area contributed by atoms with E-state index in [1.165, 1.54) is 6.26 Å². The number of carbonyl (C=O) groups is 1.